The molecule has 116 valence electrons. The van der Waals surface area contributed by atoms with Gasteiger partial charge < -0.3 is 4.98 Å². The van der Waals surface area contributed by atoms with Crippen molar-refractivity contribution in [3.05, 3.63) is 65.2 Å². The molecule has 0 unspecified atom stereocenters. The first kappa shape index (κ1) is 15.6. The third kappa shape index (κ3) is 3.41. The van der Waals surface area contributed by atoms with Gasteiger partial charge in [-0.3, -0.25) is 0 Å². The lowest BCUT2D eigenvalue weighted by Gasteiger charge is -1.98. The van der Waals surface area contributed by atoms with Crippen molar-refractivity contribution in [2.24, 2.45) is 0 Å². The number of aromatic nitrogens is 4. The number of aromatic amines is 1. The molecule has 1 N–H and O–H groups in total. The molecule has 0 atom stereocenters. The highest BCUT2D eigenvalue weighted by Gasteiger charge is 2.12. The summed E-state index contributed by atoms with van der Waals surface area (Å²) in [6.45, 7) is 5.76. The standard InChI is InChI=1S/C17H15ClN4S/c1-3-5-11(6-4-2)7-12-10-23-16(21-12)14-9-19-15-13(14)8-20-17(18)22-15/h3-6,8-10H,1,7H2,2H3,(H,19,20,22)/b6-4-,11-5+. The first-order chi connectivity index (χ1) is 11.2. The van der Waals surface area contributed by atoms with Gasteiger partial charge in [0.25, 0.3) is 0 Å². The molecule has 0 radical (unpaired) electrons. The van der Waals surface area contributed by atoms with E-state index in [0.717, 1.165) is 33.7 Å². The number of H-pyrrole nitrogens is 1. The van der Waals surface area contributed by atoms with E-state index in [2.05, 4.69) is 33.0 Å². The summed E-state index contributed by atoms with van der Waals surface area (Å²) in [6.07, 6.45) is 12.3. The van der Waals surface area contributed by atoms with Gasteiger partial charge in [-0.15, -0.1) is 11.3 Å². The van der Waals surface area contributed by atoms with Gasteiger partial charge in [-0.2, -0.15) is 4.98 Å². The zero-order valence-corrected chi connectivity index (χ0v) is 14.2. The minimum atomic E-state index is 0.233. The highest BCUT2D eigenvalue weighted by atomic mass is 35.5. The van der Waals surface area contributed by atoms with Crippen molar-refractivity contribution in [2.45, 2.75) is 13.3 Å². The van der Waals surface area contributed by atoms with E-state index < -0.39 is 0 Å². The fourth-order valence-corrected chi connectivity index (χ4v) is 3.31. The monoisotopic (exact) mass is 342 g/mol. The van der Waals surface area contributed by atoms with Crippen LogP contribution in [0, 0.1) is 0 Å². The van der Waals surface area contributed by atoms with Gasteiger partial charge in [0, 0.05) is 35.1 Å². The zero-order valence-electron chi connectivity index (χ0n) is 12.6. The number of thiazole rings is 1. The number of hydrogen-bond donors (Lipinski definition) is 1. The van der Waals surface area contributed by atoms with Crippen molar-refractivity contribution in [1.82, 2.24) is 19.9 Å². The van der Waals surface area contributed by atoms with Gasteiger partial charge in [-0.25, -0.2) is 9.97 Å². The Labute approximate surface area is 143 Å². The molecule has 23 heavy (non-hydrogen) atoms. The fraction of sp³-hybridized carbons (Fsp3) is 0.118. The maximum absolute atomic E-state index is 5.82. The second-order valence-electron chi connectivity index (χ2n) is 4.90. The molecule has 0 saturated heterocycles. The van der Waals surface area contributed by atoms with Crippen LogP contribution in [0.15, 0.2) is 54.2 Å². The summed E-state index contributed by atoms with van der Waals surface area (Å²) in [7, 11) is 0. The molecule has 3 rings (SSSR count). The first-order valence-corrected chi connectivity index (χ1v) is 8.35. The van der Waals surface area contributed by atoms with Gasteiger partial charge in [0.2, 0.25) is 5.28 Å². The molecule has 4 nitrogen and oxygen atoms in total. The summed E-state index contributed by atoms with van der Waals surface area (Å²) >= 11 is 7.43. The molecule has 0 aliphatic heterocycles. The smallest absolute Gasteiger partial charge is 0.224 e. The van der Waals surface area contributed by atoms with Crippen LogP contribution in [0.4, 0.5) is 0 Å². The van der Waals surface area contributed by atoms with Gasteiger partial charge in [0.05, 0.1) is 5.69 Å². The Morgan fingerprint density at radius 3 is 3.09 bits per heavy atom. The van der Waals surface area contributed by atoms with Crippen LogP contribution >= 0.6 is 22.9 Å². The van der Waals surface area contributed by atoms with Gasteiger partial charge >= 0.3 is 0 Å². The Morgan fingerprint density at radius 2 is 2.30 bits per heavy atom. The Kier molecular flexibility index (Phi) is 4.69. The first-order valence-electron chi connectivity index (χ1n) is 7.10. The molecule has 0 aliphatic carbocycles. The molecule has 0 amide bonds. The Balaban J connectivity index is 1.91. The van der Waals surface area contributed by atoms with Crippen molar-refractivity contribution in [3.63, 3.8) is 0 Å². The van der Waals surface area contributed by atoms with E-state index in [4.69, 9.17) is 16.6 Å². The summed E-state index contributed by atoms with van der Waals surface area (Å²) in [5, 5.41) is 4.17. The number of allylic oxidation sites excluding steroid dienone is 5. The van der Waals surface area contributed by atoms with Crippen molar-refractivity contribution in [3.8, 4) is 10.6 Å². The average molecular weight is 343 g/mol. The number of halogens is 1. The van der Waals surface area contributed by atoms with E-state index in [1.54, 1.807) is 23.6 Å². The van der Waals surface area contributed by atoms with Crippen molar-refractivity contribution >= 4 is 34.0 Å². The second-order valence-corrected chi connectivity index (χ2v) is 6.10. The lowest BCUT2D eigenvalue weighted by molar-refractivity contribution is 1.11. The van der Waals surface area contributed by atoms with Crippen LogP contribution < -0.4 is 0 Å². The van der Waals surface area contributed by atoms with Gasteiger partial charge in [-0.05, 0) is 24.1 Å². The SMILES string of the molecule is C=C/C=C(\C=C/C)Cc1csc(-c2c[nH]c3nc(Cl)ncc23)n1. The molecule has 6 heteroatoms. The number of nitrogens with zero attached hydrogens (tertiary/aromatic N) is 3. The summed E-state index contributed by atoms with van der Waals surface area (Å²) in [6, 6.07) is 0. The van der Waals surface area contributed by atoms with Gasteiger partial charge in [0.1, 0.15) is 10.7 Å². The average Bonchev–Trinajstić information content (AvgIpc) is 3.13. The van der Waals surface area contributed by atoms with Gasteiger partial charge in [-0.1, -0.05) is 30.9 Å². The molecule has 3 aromatic rings. The minimum absolute atomic E-state index is 0.233. The highest BCUT2D eigenvalue weighted by molar-refractivity contribution is 7.13. The minimum Gasteiger partial charge on any atom is -0.345 e. The largest absolute Gasteiger partial charge is 0.345 e. The van der Waals surface area contributed by atoms with Crippen molar-refractivity contribution in [2.75, 3.05) is 0 Å². The number of fused-ring (bicyclic) bond motifs is 1. The molecule has 0 bridgehead atoms. The normalized spacial score (nSPS) is 12.3. The number of nitrogens with one attached hydrogen (secondary N) is 1. The lowest BCUT2D eigenvalue weighted by atomic mass is 10.1. The maximum atomic E-state index is 5.82. The topological polar surface area (TPSA) is 54.5 Å². The van der Waals surface area contributed by atoms with Crippen LogP contribution in [0.1, 0.15) is 12.6 Å². The molecule has 0 spiro atoms. The molecule has 0 aromatic carbocycles. The van der Waals surface area contributed by atoms with Crippen LogP contribution in [0.25, 0.3) is 21.6 Å². The number of hydrogen-bond acceptors (Lipinski definition) is 4. The predicted octanol–water partition coefficient (Wildman–Crippen LogP) is 4.97. The zero-order chi connectivity index (χ0) is 16.2. The molecule has 3 heterocycles. The Morgan fingerprint density at radius 1 is 1.43 bits per heavy atom. The Hall–Kier alpha value is -2.24. The van der Waals surface area contributed by atoms with E-state index in [9.17, 15) is 0 Å². The number of rotatable bonds is 5. The van der Waals surface area contributed by atoms with E-state index in [1.807, 2.05) is 25.3 Å². The molecular weight excluding hydrogens is 328 g/mol. The Bertz CT molecular complexity index is 904. The van der Waals surface area contributed by atoms with E-state index in [1.165, 1.54) is 5.57 Å². The van der Waals surface area contributed by atoms with Crippen molar-refractivity contribution in [1.29, 1.82) is 0 Å². The second kappa shape index (κ2) is 6.89. The predicted molar refractivity (Wildman–Crippen MR) is 96.8 cm³/mol. The molecular formula is C17H15ClN4S. The summed E-state index contributed by atoms with van der Waals surface area (Å²) in [5.74, 6) is 0. The van der Waals surface area contributed by atoms with E-state index in [-0.39, 0.29) is 5.28 Å². The summed E-state index contributed by atoms with van der Waals surface area (Å²) in [4.78, 5) is 16.1. The summed E-state index contributed by atoms with van der Waals surface area (Å²) < 4.78 is 0. The third-order valence-electron chi connectivity index (χ3n) is 3.28. The van der Waals surface area contributed by atoms with E-state index in [0.29, 0.717) is 0 Å². The molecule has 0 aliphatic rings. The van der Waals surface area contributed by atoms with Crippen LogP contribution in [0.5, 0.6) is 0 Å². The molecule has 3 aromatic heterocycles. The van der Waals surface area contributed by atoms with Crippen molar-refractivity contribution < 1.29 is 0 Å². The maximum Gasteiger partial charge on any atom is 0.224 e. The molecule has 0 saturated carbocycles. The van der Waals surface area contributed by atoms with E-state index >= 15 is 0 Å². The van der Waals surface area contributed by atoms with Crippen LogP contribution in [-0.2, 0) is 6.42 Å². The molecule has 0 fully saturated rings. The quantitative estimate of drug-likeness (QED) is 0.526. The fourth-order valence-electron chi connectivity index (χ4n) is 2.32. The van der Waals surface area contributed by atoms with Crippen LogP contribution in [0.2, 0.25) is 5.28 Å². The van der Waals surface area contributed by atoms with Crippen LogP contribution in [0.3, 0.4) is 0 Å². The third-order valence-corrected chi connectivity index (χ3v) is 4.39. The summed E-state index contributed by atoms with van der Waals surface area (Å²) in [5.41, 5.74) is 3.92. The van der Waals surface area contributed by atoms with Gasteiger partial charge in [0.15, 0.2) is 0 Å². The van der Waals surface area contributed by atoms with Crippen LogP contribution in [-0.4, -0.2) is 19.9 Å². The highest BCUT2D eigenvalue weighted by Crippen LogP contribution is 2.30. The lowest BCUT2D eigenvalue weighted by Crippen LogP contribution is -1.88.